The topological polar surface area (TPSA) is 47.8 Å². The van der Waals surface area contributed by atoms with Crippen molar-refractivity contribution in [3.8, 4) is 0 Å². The normalized spacial score (nSPS) is 34.5. The maximum absolute atomic E-state index is 12.3. The summed E-state index contributed by atoms with van der Waals surface area (Å²) in [6.45, 7) is 1.62. The first-order valence-corrected chi connectivity index (χ1v) is 7.67. The summed E-state index contributed by atoms with van der Waals surface area (Å²) >= 11 is 0. The van der Waals surface area contributed by atoms with Gasteiger partial charge in [0.05, 0.1) is 18.7 Å². The monoisotopic (exact) mass is 288 g/mol. The van der Waals surface area contributed by atoms with Crippen molar-refractivity contribution in [1.82, 2.24) is 0 Å². The minimum absolute atomic E-state index is 0.144. The molecule has 0 aromatic heterocycles. The van der Waals surface area contributed by atoms with Gasteiger partial charge in [-0.1, -0.05) is 18.2 Å². The Balaban J connectivity index is 1.78. The number of fused-ring (bicyclic) bond motifs is 2. The van der Waals surface area contributed by atoms with Crippen LogP contribution in [0.5, 0.6) is 0 Å². The summed E-state index contributed by atoms with van der Waals surface area (Å²) < 4.78 is 5.71. The molecule has 2 heterocycles. The van der Waals surface area contributed by atoms with E-state index in [-0.39, 0.29) is 23.8 Å². The van der Waals surface area contributed by atoms with Gasteiger partial charge >= 0.3 is 5.97 Å². The van der Waals surface area contributed by atoms with Gasteiger partial charge < -0.3 is 9.64 Å². The van der Waals surface area contributed by atoms with Crippen molar-refractivity contribution in [2.45, 2.75) is 44.4 Å². The summed E-state index contributed by atoms with van der Waals surface area (Å²) in [5, 5.41) is 0. The Hall–Kier alpha value is -1.68. The highest BCUT2D eigenvalue weighted by atomic mass is 16.5. The van der Waals surface area contributed by atoms with Crippen LogP contribution in [0.4, 0.5) is 0 Å². The van der Waals surface area contributed by atoms with E-state index in [1.165, 1.54) is 4.90 Å². The van der Waals surface area contributed by atoms with Crippen molar-refractivity contribution in [2.24, 2.45) is 5.92 Å². The van der Waals surface area contributed by atoms with E-state index in [0.717, 1.165) is 19.3 Å². The molecule has 2 aliphatic rings. The van der Waals surface area contributed by atoms with Gasteiger partial charge in [0.25, 0.3) is 0 Å². The number of hydrogen-bond acceptors (Lipinski definition) is 3. The van der Waals surface area contributed by atoms with E-state index in [0.29, 0.717) is 17.6 Å². The standard InChI is InChI=1S/C17H21NO3/c1-11(19)16-14-9-8-13(18(14)2)10-15(16)21-17(20)12-6-4-3-5-7-12/h3-7,13-16H,8-10H2,1-2H3/p+1. The van der Waals surface area contributed by atoms with E-state index < -0.39 is 0 Å². The molecule has 3 rings (SSSR count). The summed E-state index contributed by atoms with van der Waals surface area (Å²) in [6.07, 6.45) is 2.71. The lowest BCUT2D eigenvalue weighted by atomic mass is 9.85. The quantitative estimate of drug-likeness (QED) is 0.840. The molecule has 5 atom stereocenters. The molecule has 0 spiro atoms. The molecular weight excluding hydrogens is 266 g/mol. The molecule has 1 aromatic rings. The van der Waals surface area contributed by atoms with Crippen LogP contribution in [0.25, 0.3) is 0 Å². The van der Waals surface area contributed by atoms with E-state index in [4.69, 9.17) is 4.74 Å². The SMILES string of the molecule is CC(=O)C1C(OC(=O)c2ccccc2)CC2CCC1[NH+]2C. The van der Waals surface area contributed by atoms with Crippen molar-refractivity contribution in [1.29, 1.82) is 0 Å². The Morgan fingerprint density at radius 3 is 2.57 bits per heavy atom. The fourth-order valence-corrected chi connectivity index (χ4v) is 4.04. The van der Waals surface area contributed by atoms with Gasteiger partial charge in [-0.2, -0.15) is 0 Å². The number of ether oxygens (including phenoxy) is 1. The Kier molecular flexibility index (Phi) is 3.81. The Morgan fingerprint density at radius 2 is 1.90 bits per heavy atom. The number of benzene rings is 1. The summed E-state index contributed by atoms with van der Waals surface area (Å²) in [5.41, 5.74) is 0.554. The zero-order valence-corrected chi connectivity index (χ0v) is 12.5. The number of nitrogens with one attached hydrogen (secondary N) is 1. The van der Waals surface area contributed by atoms with E-state index in [2.05, 4.69) is 7.05 Å². The fourth-order valence-electron chi connectivity index (χ4n) is 4.04. The molecule has 4 nitrogen and oxygen atoms in total. The largest absolute Gasteiger partial charge is 0.458 e. The van der Waals surface area contributed by atoms with Crippen LogP contribution >= 0.6 is 0 Å². The summed E-state index contributed by atoms with van der Waals surface area (Å²) in [7, 11) is 2.16. The fraction of sp³-hybridized carbons (Fsp3) is 0.529. The third kappa shape index (κ3) is 2.60. The summed E-state index contributed by atoms with van der Waals surface area (Å²) in [6, 6.07) is 9.83. The molecule has 0 radical (unpaired) electrons. The number of esters is 1. The lowest BCUT2D eigenvalue weighted by molar-refractivity contribution is -0.926. The van der Waals surface area contributed by atoms with Crippen LogP contribution in [0.15, 0.2) is 30.3 Å². The average Bonchev–Trinajstić information content (AvgIpc) is 2.72. The zero-order chi connectivity index (χ0) is 15.0. The molecule has 1 N–H and O–H groups in total. The van der Waals surface area contributed by atoms with Crippen LogP contribution < -0.4 is 4.90 Å². The van der Waals surface area contributed by atoms with Gasteiger partial charge in [0, 0.05) is 19.3 Å². The van der Waals surface area contributed by atoms with Crippen LogP contribution in [-0.4, -0.2) is 37.0 Å². The minimum Gasteiger partial charge on any atom is -0.458 e. The predicted octanol–water partition coefficient (Wildman–Crippen LogP) is 0.867. The van der Waals surface area contributed by atoms with Gasteiger partial charge in [-0.25, -0.2) is 4.79 Å². The van der Waals surface area contributed by atoms with Gasteiger partial charge in [-0.3, -0.25) is 4.79 Å². The van der Waals surface area contributed by atoms with Crippen LogP contribution in [0.1, 0.15) is 36.5 Å². The second-order valence-electron chi connectivity index (χ2n) is 6.31. The molecule has 0 amide bonds. The van der Waals surface area contributed by atoms with Gasteiger partial charge in [-0.15, -0.1) is 0 Å². The van der Waals surface area contributed by atoms with Gasteiger partial charge in [-0.05, 0) is 19.1 Å². The predicted molar refractivity (Wildman–Crippen MR) is 78.1 cm³/mol. The number of carbonyl (C=O) groups is 2. The molecule has 112 valence electrons. The number of ketones is 1. The van der Waals surface area contributed by atoms with Gasteiger partial charge in [0.2, 0.25) is 0 Å². The molecule has 2 aliphatic heterocycles. The van der Waals surface area contributed by atoms with Crippen molar-refractivity contribution in [3.05, 3.63) is 35.9 Å². The summed E-state index contributed by atoms with van der Waals surface area (Å²) in [4.78, 5) is 25.7. The summed E-state index contributed by atoms with van der Waals surface area (Å²) in [5.74, 6) is -0.326. The molecular formula is C17H22NO3+. The van der Waals surface area contributed by atoms with Crippen LogP contribution in [0, 0.1) is 5.92 Å². The maximum atomic E-state index is 12.3. The second kappa shape index (κ2) is 5.60. The molecule has 1 aromatic carbocycles. The molecule has 21 heavy (non-hydrogen) atoms. The number of rotatable bonds is 3. The number of quaternary nitrogens is 1. The third-order valence-corrected chi connectivity index (χ3v) is 5.14. The smallest absolute Gasteiger partial charge is 0.338 e. The molecule has 2 bridgehead atoms. The Labute approximate surface area is 125 Å². The van der Waals surface area contributed by atoms with Crippen molar-refractivity contribution in [3.63, 3.8) is 0 Å². The molecule has 2 fully saturated rings. The van der Waals surface area contributed by atoms with E-state index in [9.17, 15) is 9.59 Å². The van der Waals surface area contributed by atoms with Crippen LogP contribution in [0.3, 0.4) is 0 Å². The van der Waals surface area contributed by atoms with E-state index in [1.54, 1.807) is 19.1 Å². The van der Waals surface area contributed by atoms with Crippen molar-refractivity contribution in [2.75, 3.05) is 7.05 Å². The molecule has 0 aliphatic carbocycles. The Bertz CT molecular complexity index is 542. The maximum Gasteiger partial charge on any atom is 0.338 e. The lowest BCUT2D eigenvalue weighted by Crippen LogP contribution is -3.16. The first-order valence-electron chi connectivity index (χ1n) is 7.67. The molecule has 4 heteroatoms. The molecule has 2 saturated heterocycles. The highest BCUT2D eigenvalue weighted by molar-refractivity contribution is 5.90. The van der Waals surface area contributed by atoms with Crippen LogP contribution in [0.2, 0.25) is 0 Å². The molecule has 0 saturated carbocycles. The number of piperidine rings is 1. The highest BCUT2D eigenvalue weighted by Gasteiger charge is 2.52. The van der Waals surface area contributed by atoms with Gasteiger partial charge in [0.15, 0.2) is 0 Å². The third-order valence-electron chi connectivity index (χ3n) is 5.14. The second-order valence-corrected chi connectivity index (χ2v) is 6.31. The molecule has 5 unspecified atom stereocenters. The average molecular weight is 288 g/mol. The van der Waals surface area contributed by atoms with E-state index >= 15 is 0 Å². The Morgan fingerprint density at radius 1 is 1.19 bits per heavy atom. The highest BCUT2D eigenvalue weighted by Crippen LogP contribution is 2.31. The lowest BCUT2D eigenvalue weighted by Gasteiger charge is -2.38. The van der Waals surface area contributed by atoms with Crippen molar-refractivity contribution < 1.29 is 19.2 Å². The minimum atomic E-state index is -0.314. The van der Waals surface area contributed by atoms with Crippen molar-refractivity contribution >= 4 is 11.8 Å². The number of hydrogen-bond donors (Lipinski definition) is 1. The van der Waals surface area contributed by atoms with Crippen LogP contribution in [-0.2, 0) is 9.53 Å². The van der Waals surface area contributed by atoms with E-state index in [1.807, 2.05) is 18.2 Å². The first kappa shape index (κ1) is 14.3. The van der Waals surface area contributed by atoms with Gasteiger partial charge in [0.1, 0.15) is 23.8 Å². The number of Topliss-reactive ketones (excluding diaryl/α,β-unsaturated/α-hetero) is 1. The zero-order valence-electron chi connectivity index (χ0n) is 12.5. The number of carbonyl (C=O) groups excluding carboxylic acids is 2. The first-order chi connectivity index (χ1) is 10.1.